The number of benzene rings is 1. The Hall–Kier alpha value is -1.02. The molecule has 96 valence electrons. The minimum absolute atomic E-state index is 0.248. The highest BCUT2D eigenvalue weighted by atomic mass is 16.2. The number of nitrogen functional groups attached to an aromatic ring is 1. The molecule has 1 rings (SSSR count). The van der Waals surface area contributed by atoms with Gasteiger partial charge in [0.25, 0.3) is 0 Å². The molecular weight excluding hydrogens is 210 g/mol. The van der Waals surface area contributed by atoms with Gasteiger partial charge in [-0.25, -0.2) is 0 Å². The standard InChI is InChI=1S/C15H25NO/c1-10(2)13-8-12(6-5-7-17)9-14(11(3)4)15(13)16/h8-11,17H,5-7,16H2,1-4H3. The van der Waals surface area contributed by atoms with E-state index in [1.54, 1.807) is 0 Å². The topological polar surface area (TPSA) is 46.2 Å². The van der Waals surface area contributed by atoms with E-state index in [-0.39, 0.29) is 6.61 Å². The highest BCUT2D eigenvalue weighted by Crippen LogP contribution is 2.31. The summed E-state index contributed by atoms with van der Waals surface area (Å²) in [5, 5.41) is 8.91. The molecule has 0 amide bonds. The lowest BCUT2D eigenvalue weighted by Gasteiger charge is -2.18. The highest BCUT2D eigenvalue weighted by Gasteiger charge is 2.13. The molecule has 0 saturated heterocycles. The Bertz CT molecular complexity index is 340. The minimum Gasteiger partial charge on any atom is -0.398 e. The number of nitrogens with two attached hydrogens (primary N) is 1. The normalized spacial score (nSPS) is 11.5. The summed E-state index contributed by atoms with van der Waals surface area (Å²) in [5.74, 6) is 0.892. The van der Waals surface area contributed by atoms with Crippen molar-refractivity contribution in [3.8, 4) is 0 Å². The molecule has 17 heavy (non-hydrogen) atoms. The third kappa shape index (κ3) is 3.47. The number of anilines is 1. The average Bonchev–Trinajstić information content (AvgIpc) is 2.26. The van der Waals surface area contributed by atoms with E-state index in [9.17, 15) is 0 Å². The lowest BCUT2D eigenvalue weighted by Crippen LogP contribution is -2.05. The third-order valence-corrected chi connectivity index (χ3v) is 3.17. The molecule has 0 aromatic heterocycles. The molecule has 2 nitrogen and oxygen atoms in total. The Kier molecular flexibility index (Phi) is 5.01. The molecule has 1 aromatic carbocycles. The van der Waals surface area contributed by atoms with Gasteiger partial charge in [0.2, 0.25) is 0 Å². The van der Waals surface area contributed by atoms with Crippen molar-refractivity contribution < 1.29 is 5.11 Å². The lowest BCUT2D eigenvalue weighted by atomic mass is 9.89. The van der Waals surface area contributed by atoms with Gasteiger partial charge >= 0.3 is 0 Å². The van der Waals surface area contributed by atoms with Gasteiger partial charge in [0.05, 0.1) is 0 Å². The van der Waals surface area contributed by atoms with Gasteiger partial charge in [-0.3, -0.25) is 0 Å². The summed E-state index contributed by atoms with van der Waals surface area (Å²) in [6.07, 6.45) is 1.75. The lowest BCUT2D eigenvalue weighted by molar-refractivity contribution is 0.288. The predicted molar refractivity (Wildman–Crippen MR) is 74.4 cm³/mol. The van der Waals surface area contributed by atoms with E-state index in [4.69, 9.17) is 10.8 Å². The zero-order valence-electron chi connectivity index (χ0n) is 11.5. The Morgan fingerprint density at radius 3 is 1.88 bits per heavy atom. The van der Waals surface area contributed by atoms with Crippen molar-refractivity contribution in [1.82, 2.24) is 0 Å². The molecule has 0 radical (unpaired) electrons. The fraction of sp³-hybridized carbons (Fsp3) is 0.600. The van der Waals surface area contributed by atoms with Crippen molar-refractivity contribution in [2.45, 2.75) is 52.4 Å². The van der Waals surface area contributed by atoms with Crippen LogP contribution in [0.3, 0.4) is 0 Å². The van der Waals surface area contributed by atoms with Crippen molar-refractivity contribution in [1.29, 1.82) is 0 Å². The van der Waals surface area contributed by atoms with E-state index in [2.05, 4.69) is 39.8 Å². The molecule has 0 bridgehead atoms. The Balaban J connectivity index is 3.17. The van der Waals surface area contributed by atoms with Crippen molar-refractivity contribution >= 4 is 5.69 Å². The predicted octanol–water partition coefficient (Wildman–Crippen LogP) is 3.44. The van der Waals surface area contributed by atoms with Crippen LogP contribution in [0.15, 0.2) is 12.1 Å². The van der Waals surface area contributed by atoms with Gasteiger partial charge in [-0.05, 0) is 41.4 Å². The van der Waals surface area contributed by atoms with Crippen LogP contribution in [-0.4, -0.2) is 11.7 Å². The Morgan fingerprint density at radius 2 is 1.53 bits per heavy atom. The van der Waals surface area contributed by atoms with Gasteiger partial charge in [0.1, 0.15) is 0 Å². The fourth-order valence-corrected chi connectivity index (χ4v) is 2.15. The Labute approximate surface area is 105 Å². The first-order chi connectivity index (χ1) is 7.97. The highest BCUT2D eigenvalue weighted by molar-refractivity contribution is 5.58. The van der Waals surface area contributed by atoms with Gasteiger partial charge in [-0.1, -0.05) is 39.8 Å². The maximum absolute atomic E-state index is 8.91. The van der Waals surface area contributed by atoms with Crippen molar-refractivity contribution in [2.75, 3.05) is 12.3 Å². The number of rotatable bonds is 5. The molecule has 0 saturated carbocycles. The summed E-state index contributed by atoms with van der Waals surface area (Å²) in [5.41, 5.74) is 11.0. The SMILES string of the molecule is CC(C)c1cc(CCCO)cc(C(C)C)c1N. The van der Waals surface area contributed by atoms with Gasteiger partial charge in [-0.15, -0.1) is 0 Å². The molecule has 0 spiro atoms. The quantitative estimate of drug-likeness (QED) is 0.768. The molecule has 0 atom stereocenters. The van der Waals surface area contributed by atoms with E-state index < -0.39 is 0 Å². The van der Waals surface area contributed by atoms with E-state index in [0.717, 1.165) is 18.5 Å². The molecule has 0 aliphatic rings. The summed E-state index contributed by atoms with van der Waals surface area (Å²) >= 11 is 0. The van der Waals surface area contributed by atoms with Gasteiger partial charge in [0, 0.05) is 12.3 Å². The van der Waals surface area contributed by atoms with Crippen LogP contribution < -0.4 is 5.73 Å². The second-order valence-electron chi connectivity index (χ2n) is 5.32. The van der Waals surface area contributed by atoms with Crippen LogP contribution in [0.2, 0.25) is 0 Å². The summed E-state index contributed by atoms with van der Waals surface area (Å²) in [7, 11) is 0. The monoisotopic (exact) mass is 235 g/mol. The van der Waals surface area contributed by atoms with Crippen LogP contribution in [-0.2, 0) is 6.42 Å². The molecule has 0 heterocycles. The second-order valence-corrected chi connectivity index (χ2v) is 5.32. The zero-order valence-corrected chi connectivity index (χ0v) is 11.5. The maximum Gasteiger partial charge on any atom is 0.0434 e. The minimum atomic E-state index is 0.248. The first-order valence-electron chi connectivity index (χ1n) is 6.50. The fourth-order valence-electron chi connectivity index (χ4n) is 2.15. The largest absolute Gasteiger partial charge is 0.398 e. The van der Waals surface area contributed by atoms with Crippen molar-refractivity contribution in [3.05, 3.63) is 28.8 Å². The third-order valence-electron chi connectivity index (χ3n) is 3.17. The summed E-state index contributed by atoms with van der Waals surface area (Å²) in [6.45, 7) is 8.94. The Morgan fingerprint density at radius 1 is 1.06 bits per heavy atom. The van der Waals surface area contributed by atoms with E-state index in [1.807, 2.05) is 0 Å². The number of hydrogen-bond donors (Lipinski definition) is 2. The van der Waals surface area contributed by atoms with Crippen molar-refractivity contribution in [2.24, 2.45) is 0 Å². The van der Waals surface area contributed by atoms with Crippen LogP contribution in [0, 0.1) is 0 Å². The van der Waals surface area contributed by atoms with Gasteiger partial charge < -0.3 is 10.8 Å². The molecule has 2 heteroatoms. The van der Waals surface area contributed by atoms with E-state index in [0.29, 0.717) is 11.8 Å². The molecule has 1 aromatic rings. The summed E-state index contributed by atoms with van der Waals surface area (Å²) in [6, 6.07) is 4.39. The van der Waals surface area contributed by atoms with Gasteiger partial charge in [-0.2, -0.15) is 0 Å². The molecule has 0 aliphatic carbocycles. The van der Waals surface area contributed by atoms with Crippen LogP contribution in [0.4, 0.5) is 5.69 Å². The average molecular weight is 235 g/mol. The number of aliphatic hydroxyl groups excluding tert-OH is 1. The van der Waals surface area contributed by atoms with Crippen molar-refractivity contribution in [3.63, 3.8) is 0 Å². The van der Waals surface area contributed by atoms with Crippen LogP contribution >= 0.6 is 0 Å². The summed E-state index contributed by atoms with van der Waals surface area (Å²) in [4.78, 5) is 0. The molecular formula is C15H25NO. The number of aryl methyl sites for hydroxylation is 1. The zero-order chi connectivity index (χ0) is 13.0. The van der Waals surface area contributed by atoms with Gasteiger partial charge in [0.15, 0.2) is 0 Å². The summed E-state index contributed by atoms with van der Waals surface area (Å²) < 4.78 is 0. The number of hydrogen-bond acceptors (Lipinski definition) is 2. The smallest absolute Gasteiger partial charge is 0.0434 e. The first kappa shape index (κ1) is 14.0. The maximum atomic E-state index is 8.91. The van der Waals surface area contributed by atoms with E-state index in [1.165, 1.54) is 16.7 Å². The van der Waals surface area contributed by atoms with Crippen LogP contribution in [0.25, 0.3) is 0 Å². The molecule has 0 fully saturated rings. The van der Waals surface area contributed by atoms with Crippen LogP contribution in [0.1, 0.15) is 62.6 Å². The molecule has 0 unspecified atom stereocenters. The first-order valence-corrected chi connectivity index (χ1v) is 6.50. The second kappa shape index (κ2) is 6.06. The van der Waals surface area contributed by atoms with E-state index >= 15 is 0 Å². The molecule has 0 aliphatic heterocycles. The van der Waals surface area contributed by atoms with Crippen LogP contribution in [0.5, 0.6) is 0 Å². The number of aliphatic hydroxyl groups is 1. The molecule has 3 N–H and O–H groups in total.